The number of halogens is 9. The number of aryl methyl sites for hydroxylation is 2. The Kier molecular flexibility index (Phi) is 8.30. The summed E-state index contributed by atoms with van der Waals surface area (Å²) in [6.45, 7) is 3.37. The quantitative estimate of drug-likeness (QED) is 0.131. The van der Waals surface area contributed by atoms with Gasteiger partial charge in [-0.1, -0.05) is 48.2 Å². The summed E-state index contributed by atoms with van der Waals surface area (Å²) >= 11 is 0. The number of benzene rings is 6. The van der Waals surface area contributed by atoms with Crippen LogP contribution >= 0.6 is 0 Å². The van der Waals surface area contributed by atoms with Crippen molar-refractivity contribution in [2.75, 3.05) is 0 Å². The number of fused-ring (bicyclic) bond motifs is 1. The Morgan fingerprint density at radius 3 is 1.77 bits per heavy atom. The lowest BCUT2D eigenvalue weighted by molar-refractivity contribution is -0.142. The van der Waals surface area contributed by atoms with E-state index in [0.717, 1.165) is 17.7 Å². The number of rotatable bonds is 3. The van der Waals surface area contributed by atoms with E-state index < -0.39 is 57.4 Å². The third kappa shape index (κ3) is 6.14. The van der Waals surface area contributed by atoms with Crippen molar-refractivity contribution in [3.05, 3.63) is 154 Å². The fraction of sp³-hybridized carbons (Fsp3) is 0.0769. The highest BCUT2D eigenvalue weighted by molar-refractivity contribution is 5.89. The number of alkyl halides is 3. The van der Waals surface area contributed by atoms with Gasteiger partial charge in [0.15, 0.2) is 0 Å². The van der Waals surface area contributed by atoms with Crippen LogP contribution in [0.4, 0.5) is 39.5 Å². The Labute approximate surface area is 269 Å². The molecule has 0 N–H and O–H groups in total. The van der Waals surface area contributed by atoms with Crippen molar-refractivity contribution in [3.8, 4) is 45.2 Å². The van der Waals surface area contributed by atoms with E-state index in [1.54, 1.807) is 62.4 Å². The SMILES string of the molecule is Cc1ccc(-c2ccc(-c3ccc(C#Cc4cc(F)c(-c5cc(F)c6c(F)c(C(F)(F)F)c(F)cc6c5)cc4C)cc3)c(F)c2)c(F)c1. The van der Waals surface area contributed by atoms with Crippen LogP contribution < -0.4 is 0 Å². The molecule has 48 heavy (non-hydrogen) atoms. The van der Waals surface area contributed by atoms with Gasteiger partial charge in [-0.15, -0.1) is 0 Å². The maximum Gasteiger partial charge on any atom is 0.422 e. The molecule has 6 aromatic rings. The highest BCUT2D eigenvalue weighted by Crippen LogP contribution is 2.39. The summed E-state index contributed by atoms with van der Waals surface area (Å²) in [5.74, 6) is -1.50. The minimum Gasteiger partial charge on any atom is -0.206 e. The lowest BCUT2D eigenvalue weighted by Crippen LogP contribution is -2.12. The van der Waals surface area contributed by atoms with Gasteiger partial charge in [0, 0.05) is 27.8 Å². The maximum absolute atomic E-state index is 15.3. The molecule has 6 rings (SSSR count). The molecular formula is C39H21F9. The molecule has 0 amide bonds. The zero-order chi connectivity index (χ0) is 34.5. The summed E-state index contributed by atoms with van der Waals surface area (Å²) in [6.07, 6.45) is -5.38. The average molecular weight is 661 g/mol. The maximum atomic E-state index is 15.3. The number of hydrogen-bond acceptors (Lipinski definition) is 0. The molecule has 0 aliphatic carbocycles. The second-order valence-corrected chi connectivity index (χ2v) is 11.3. The average Bonchev–Trinajstić information content (AvgIpc) is 3.00. The van der Waals surface area contributed by atoms with E-state index in [4.69, 9.17) is 0 Å². The molecule has 6 aromatic carbocycles. The van der Waals surface area contributed by atoms with Gasteiger partial charge >= 0.3 is 6.18 Å². The van der Waals surface area contributed by atoms with Gasteiger partial charge in [0.05, 0.1) is 5.39 Å². The molecule has 0 saturated heterocycles. The Morgan fingerprint density at radius 1 is 0.500 bits per heavy atom. The molecule has 0 atom stereocenters. The highest BCUT2D eigenvalue weighted by atomic mass is 19.4. The van der Waals surface area contributed by atoms with Gasteiger partial charge in [-0.2, -0.15) is 13.2 Å². The van der Waals surface area contributed by atoms with Crippen LogP contribution in [0.3, 0.4) is 0 Å². The van der Waals surface area contributed by atoms with Crippen LogP contribution in [0.25, 0.3) is 44.2 Å². The molecule has 0 bridgehead atoms. The highest BCUT2D eigenvalue weighted by Gasteiger charge is 2.39. The molecule has 240 valence electrons. The molecule has 0 nitrogen and oxygen atoms in total. The van der Waals surface area contributed by atoms with Crippen LogP contribution in [0.5, 0.6) is 0 Å². The first kappa shape index (κ1) is 32.5. The molecule has 0 aromatic heterocycles. The normalized spacial score (nSPS) is 11.5. The van der Waals surface area contributed by atoms with Crippen LogP contribution in [0, 0.1) is 60.6 Å². The van der Waals surface area contributed by atoms with E-state index in [0.29, 0.717) is 39.9 Å². The number of hydrogen-bond donors (Lipinski definition) is 0. The van der Waals surface area contributed by atoms with Crippen LogP contribution in [-0.4, -0.2) is 0 Å². The largest absolute Gasteiger partial charge is 0.422 e. The third-order valence-electron chi connectivity index (χ3n) is 7.93. The Morgan fingerprint density at radius 2 is 1.10 bits per heavy atom. The first-order valence-electron chi connectivity index (χ1n) is 14.4. The van der Waals surface area contributed by atoms with Gasteiger partial charge in [0.25, 0.3) is 0 Å². The second-order valence-electron chi connectivity index (χ2n) is 11.3. The van der Waals surface area contributed by atoms with E-state index in [-0.39, 0.29) is 22.3 Å². The summed E-state index contributed by atoms with van der Waals surface area (Å²) in [7, 11) is 0. The van der Waals surface area contributed by atoms with Crippen LogP contribution in [0.1, 0.15) is 27.8 Å². The predicted molar refractivity (Wildman–Crippen MR) is 167 cm³/mol. The topological polar surface area (TPSA) is 0 Å². The van der Waals surface area contributed by atoms with Crippen molar-refractivity contribution in [1.29, 1.82) is 0 Å². The van der Waals surface area contributed by atoms with Gasteiger partial charge in [-0.05, 0) is 102 Å². The second kappa shape index (κ2) is 12.3. The fourth-order valence-electron chi connectivity index (χ4n) is 5.51. The lowest BCUT2D eigenvalue weighted by Gasteiger charge is -2.14. The summed E-state index contributed by atoms with van der Waals surface area (Å²) in [5.41, 5.74) is 1.06. The molecule has 0 saturated carbocycles. The van der Waals surface area contributed by atoms with E-state index in [2.05, 4.69) is 11.8 Å². The molecule has 9 heteroatoms. The van der Waals surface area contributed by atoms with Crippen molar-refractivity contribution in [1.82, 2.24) is 0 Å². The zero-order valence-corrected chi connectivity index (χ0v) is 25.1. The minimum absolute atomic E-state index is 0.140. The van der Waals surface area contributed by atoms with E-state index in [1.165, 1.54) is 18.2 Å². The van der Waals surface area contributed by atoms with Gasteiger partial charge in [-0.25, -0.2) is 26.3 Å². The monoisotopic (exact) mass is 660 g/mol. The Bertz CT molecular complexity index is 2310. The summed E-state index contributed by atoms with van der Waals surface area (Å²) in [6, 6.07) is 20.3. The standard InChI is InChI=1S/C39H21F9/c1-20-3-11-29(31(40)13-20)25-10-12-28(32(41)17-25)23-7-4-22(5-8-23)6-9-24-16-33(42)30(14-21(24)2)26-15-27-19-35(44)37(39(46,47)48)38(45)36(27)34(43)18-26/h3-5,7-8,10-19H,1-2H3. The minimum atomic E-state index is -5.38. The van der Waals surface area contributed by atoms with Crippen molar-refractivity contribution in [2.24, 2.45) is 0 Å². The smallest absolute Gasteiger partial charge is 0.206 e. The third-order valence-corrected chi connectivity index (χ3v) is 7.93. The molecule has 0 aliphatic rings. The molecule has 0 aliphatic heterocycles. The molecule has 0 fully saturated rings. The van der Waals surface area contributed by atoms with Gasteiger partial charge < -0.3 is 0 Å². The van der Waals surface area contributed by atoms with E-state index in [9.17, 15) is 30.7 Å². The summed E-state index contributed by atoms with van der Waals surface area (Å²) in [4.78, 5) is 0. The first-order valence-corrected chi connectivity index (χ1v) is 14.4. The van der Waals surface area contributed by atoms with Crippen molar-refractivity contribution in [2.45, 2.75) is 20.0 Å². The van der Waals surface area contributed by atoms with Gasteiger partial charge in [-0.3, -0.25) is 0 Å². The Hall–Kier alpha value is -5.49. The Balaban J connectivity index is 1.26. The van der Waals surface area contributed by atoms with Crippen LogP contribution in [-0.2, 0) is 6.18 Å². The molecular weight excluding hydrogens is 639 g/mol. The molecule has 0 radical (unpaired) electrons. The van der Waals surface area contributed by atoms with Crippen molar-refractivity contribution in [3.63, 3.8) is 0 Å². The molecule has 0 unspecified atom stereocenters. The fourth-order valence-corrected chi connectivity index (χ4v) is 5.51. The van der Waals surface area contributed by atoms with Gasteiger partial charge in [0.2, 0.25) is 0 Å². The molecule has 0 heterocycles. The molecule has 0 spiro atoms. The summed E-state index contributed by atoms with van der Waals surface area (Å²) in [5, 5.41) is -1.57. The van der Waals surface area contributed by atoms with Crippen molar-refractivity contribution < 1.29 is 39.5 Å². The van der Waals surface area contributed by atoms with E-state index >= 15 is 8.78 Å². The van der Waals surface area contributed by atoms with Gasteiger partial charge in [0.1, 0.15) is 40.5 Å². The zero-order valence-electron chi connectivity index (χ0n) is 25.1. The summed E-state index contributed by atoms with van der Waals surface area (Å²) < 4.78 is 128. The van der Waals surface area contributed by atoms with Crippen LogP contribution in [0.15, 0.2) is 91.0 Å². The lowest BCUT2D eigenvalue weighted by atomic mass is 9.95. The first-order chi connectivity index (χ1) is 22.7. The van der Waals surface area contributed by atoms with Crippen molar-refractivity contribution >= 4 is 10.8 Å². The van der Waals surface area contributed by atoms with Crippen LogP contribution in [0.2, 0.25) is 0 Å². The predicted octanol–water partition coefficient (Wildman–Crippen LogP) is 11.7. The van der Waals surface area contributed by atoms with E-state index in [1.807, 2.05) is 0 Å².